The van der Waals surface area contributed by atoms with Crippen LogP contribution in [0.2, 0.25) is 0 Å². The Bertz CT molecular complexity index is 1620. The van der Waals surface area contributed by atoms with Gasteiger partial charge in [-0.15, -0.1) is 0 Å². The van der Waals surface area contributed by atoms with E-state index in [1.807, 2.05) is 11.5 Å². The highest BCUT2D eigenvalue weighted by Crippen LogP contribution is 2.37. The second-order valence-electron chi connectivity index (χ2n) is 8.69. The third-order valence-electron chi connectivity index (χ3n) is 5.82. The molecule has 5 rings (SSSR count). The van der Waals surface area contributed by atoms with Gasteiger partial charge in [0.2, 0.25) is 5.82 Å². The minimum absolute atomic E-state index is 0.300. The van der Waals surface area contributed by atoms with Gasteiger partial charge in [-0.25, -0.2) is 34.0 Å². The Morgan fingerprint density at radius 1 is 1.00 bits per heavy atom. The van der Waals surface area contributed by atoms with Crippen LogP contribution in [0.15, 0.2) is 66.6 Å². The summed E-state index contributed by atoms with van der Waals surface area (Å²) in [6.07, 6.45) is 5.56. The standard InChI is InChI=1S/C25H21F4N9/c1-15(17-10-35-38(11-17)20-7-5-4-6-19(20)26)37-12-18(16-8-30-24(31-9-16)25(27,28)29)21-22(34-14-36(2)3)32-13-33-23(21)37/h4-15H,1-3H3. The molecule has 0 radical (unpaired) electrons. The van der Waals surface area contributed by atoms with Crippen molar-refractivity contribution >= 4 is 23.2 Å². The van der Waals surface area contributed by atoms with E-state index in [0.29, 0.717) is 33.7 Å². The lowest BCUT2D eigenvalue weighted by Crippen LogP contribution is -2.10. The Morgan fingerprint density at radius 2 is 1.74 bits per heavy atom. The molecule has 1 unspecified atom stereocenters. The van der Waals surface area contributed by atoms with Crippen molar-refractivity contribution < 1.29 is 17.6 Å². The van der Waals surface area contributed by atoms with E-state index < -0.39 is 17.8 Å². The highest BCUT2D eigenvalue weighted by molar-refractivity contribution is 6.01. The maximum atomic E-state index is 14.3. The minimum atomic E-state index is -4.66. The molecule has 0 aliphatic heterocycles. The van der Waals surface area contributed by atoms with Crippen LogP contribution in [0, 0.1) is 5.82 Å². The number of halogens is 4. The van der Waals surface area contributed by atoms with Crippen LogP contribution in [0.1, 0.15) is 24.4 Å². The van der Waals surface area contributed by atoms with E-state index in [1.165, 1.54) is 17.1 Å². The van der Waals surface area contributed by atoms with E-state index in [-0.39, 0.29) is 6.04 Å². The summed E-state index contributed by atoms with van der Waals surface area (Å²) >= 11 is 0. The molecule has 4 aromatic heterocycles. The van der Waals surface area contributed by atoms with E-state index in [9.17, 15) is 17.6 Å². The molecule has 1 aromatic carbocycles. The van der Waals surface area contributed by atoms with E-state index in [2.05, 4.69) is 30.0 Å². The van der Waals surface area contributed by atoms with Crippen molar-refractivity contribution in [2.75, 3.05) is 14.1 Å². The van der Waals surface area contributed by atoms with Crippen molar-refractivity contribution in [1.82, 2.24) is 39.2 Å². The molecule has 38 heavy (non-hydrogen) atoms. The second kappa shape index (κ2) is 9.65. The smallest absolute Gasteiger partial charge is 0.369 e. The first-order valence-corrected chi connectivity index (χ1v) is 11.4. The summed E-state index contributed by atoms with van der Waals surface area (Å²) < 4.78 is 56.8. The molecule has 0 saturated carbocycles. The minimum Gasteiger partial charge on any atom is -0.369 e. The van der Waals surface area contributed by atoms with E-state index in [4.69, 9.17) is 0 Å². The van der Waals surface area contributed by atoms with E-state index in [1.54, 1.807) is 62.1 Å². The topological polar surface area (TPSA) is 89.9 Å². The van der Waals surface area contributed by atoms with Gasteiger partial charge >= 0.3 is 6.18 Å². The van der Waals surface area contributed by atoms with Crippen molar-refractivity contribution in [2.45, 2.75) is 19.1 Å². The van der Waals surface area contributed by atoms with Gasteiger partial charge in [0.15, 0.2) is 5.82 Å². The monoisotopic (exact) mass is 523 g/mol. The lowest BCUT2D eigenvalue weighted by Gasteiger charge is -2.13. The zero-order valence-corrected chi connectivity index (χ0v) is 20.5. The number of aromatic nitrogens is 7. The highest BCUT2D eigenvalue weighted by atomic mass is 19.4. The first kappa shape index (κ1) is 25.0. The largest absolute Gasteiger partial charge is 0.451 e. The fourth-order valence-corrected chi connectivity index (χ4v) is 3.95. The fourth-order valence-electron chi connectivity index (χ4n) is 3.95. The molecule has 5 aromatic rings. The quantitative estimate of drug-likeness (QED) is 0.176. The molecule has 194 valence electrons. The van der Waals surface area contributed by atoms with Crippen LogP contribution < -0.4 is 0 Å². The number of fused-ring (bicyclic) bond motifs is 1. The number of hydrogen-bond donors (Lipinski definition) is 0. The number of benzene rings is 1. The summed E-state index contributed by atoms with van der Waals surface area (Å²) in [7, 11) is 3.60. The van der Waals surface area contributed by atoms with Gasteiger partial charge < -0.3 is 9.47 Å². The van der Waals surface area contributed by atoms with Crippen LogP contribution in [-0.4, -0.2) is 59.6 Å². The highest BCUT2D eigenvalue weighted by Gasteiger charge is 2.34. The van der Waals surface area contributed by atoms with Crippen LogP contribution in [-0.2, 0) is 6.18 Å². The number of rotatable bonds is 6. The Hall–Kier alpha value is -4.68. The zero-order chi connectivity index (χ0) is 27.0. The van der Waals surface area contributed by atoms with Crippen molar-refractivity contribution in [1.29, 1.82) is 0 Å². The van der Waals surface area contributed by atoms with Crippen LogP contribution in [0.5, 0.6) is 0 Å². The normalized spacial score (nSPS) is 12.9. The predicted molar refractivity (Wildman–Crippen MR) is 133 cm³/mol. The Morgan fingerprint density at radius 3 is 2.42 bits per heavy atom. The molecule has 0 aliphatic rings. The first-order chi connectivity index (χ1) is 18.1. The van der Waals surface area contributed by atoms with Crippen molar-refractivity contribution in [3.8, 4) is 16.8 Å². The SMILES string of the molecule is CC(c1cnn(-c2ccccc2F)c1)n1cc(-c2cnc(C(F)(F)F)nc2)c2c(N=CN(C)C)ncnc21. The van der Waals surface area contributed by atoms with Gasteiger partial charge in [-0.2, -0.15) is 18.3 Å². The van der Waals surface area contributed by atoms with Gasteiger partial charge in [-0.05, 0) is 19.1 Å². The van der Waals surface area contributed by atoms with Gasteiger partial charge in [0.25, 0.3) is 0 Å². The number of aliphatic imine (C=N–C) groups is 1. The van der Waals surface area contributed by atoms with Gasteiger partial charge in [0, 0.05) is 55.6 Å². The lowest BCUT2D eigenvalue weighted by molar-refractivity contribution is -0.144. The first-order valence-electron chi connectivity index (χ1n) is 11.4. The Labute approximate surface area is 214 Å². The van der Waals surface area contributed by atoms with E-state index in [0.717, 1.165) is 18.0 Å². The van der Waals surface area contributed by atoms with Crippen molar-refractivity contribution in [2.24, 2.45) is 4.99 Å². The van der Waals surface area contributed by atoms with Crippen LogP contribution in [0.4, 0.5) is 23.4 Å². The Balaban J connectivity index is 1.64. The average molecular weight is 523 g/mol. The number of alkyl halides is 3. The summed E-state index contributed by atoms with van der Waals surface area (Å²) in [5.41, 5.74) is 2.39. The zero-order valence-electron chi connectivity index (χ0n) is 20.5. The van der Waals surface area contributed by atoms with Gasteiger partial charge in [-0.1, -0.05) is 12.1 Å². The third kappa shape index (κ3) is 4.69. The molecule has 0 N–H and O–H groups in total. The third-order valence-corrected chi connectivity index (χ3v) is 5.82. The molecule has 0 fully saturated rings. The summed E-state index contributed by atoms with van der Waals surface area (Å²) in [6, 6.07) is 5.94. The molecule has 0 amide bonds. The molecule has 9 nitrogen and oxygen atoms in total. The molecule has 1 atom stereocenters. The molecular weight excluding hydrogens is 502 g/mol. The van der Waals surface area contributed by atoms with Gasteiger partial charge in [0.1, 0.15) is 23.5 Å². The number of hydrogen-bond acceptors (Lipinski definition) is 6. The molecular formula is C25H21F4N9. The summed E-state index contributed by atoms with van der Waals surface area (Å²) in [5, 5.41) is 4.83. The van der Waals surface area contributed by atoms with Crippen LogP contribution >= 0.6 is 0 Å². The number of nitrogens with zero attached hydrogens (tertiary/aromatic N) is 9. The van der Waals surface area contributed by atoms with Gasteiger partial charge in [0.05, 0.1) is 24.0 Å². The molecule has 0 saturated heterocycles. The Kier molecular flexibility index (Phi) is 6.35. The van der Waals surface area contributed by atoms with E-state index >= 15 is 0 Å². The average Bonchev–Trinajstić information content (AvgIpc) is 3.53. The molecule has 4 heterocycles. The summed E-state index contributed by atoms with van der Waals surface area (Å²) in [6.45, 7) is 1.90. The number of para-hydroxylation sites is 1. The van der Waals surface area contributed by atoms with Crippen molar-refractivity contribution in [3.63, 3.8) is 0 Å². The van der Waals surface area contributed by atoms with Gasteiger partial charge in [-0.3, -0.25) is 0 Å². The predicted octanol–water partition coefficient (Wildman–Crippen LogP) is 5.06. The maximum absolute atomic E-state index is 14.3. The summed E-state index contributed by atoms with van der Waals surface area (Å²) in [4.78, 5) is 21.9. The summed E-state index contributed by atoms with van der Waals surface area (Å²) in [5.74, 6) is -1.32. The van der Waals surface area contributed by atoms with Crippen LogP contribution in [0.3, 0.4) is 0 Å². The molecule has 0 spiro atoms. The maximum Gasteiger partial charge on any atom is 0.451 e. The molecule has 13 heteroatoms. The fraction of sp³-hybridized carbons (Fsp3) is 0.200. The molecule has 0 bridgehead atoms. The van der Waals surface area contributed by atoms with Crippen molar-refractivity contribution in [3.05, 3.63) is 78.8 Å². The lowest BCUT2D eigenvalue weighted by atomic mass is 10.1. The second-order valence-corrected chi connectivity index (χ2v) is 8.69. The van der Waals surface area contributed by atoms with Crippen LogP contribution in [0.25, 0.3) is 27.8 Å². The molecule has 0 aliphatic carbocycles.